The lowest BCUT2D eigenvalue weighted by atomic mass is 10.1. The van der Waals surface area contributed by atoms with Gasteiger partial charge in [0.25, 0.3) is 11.8 Å². The number of fused-ring (bicyclic) bond motifs is 1. The van der Waals surface area contributed by atoms with Crippen LogP contribution in [0.1, 0.15) is 10.4 Å². The Morgan fingerprint density at radius 1 is 1.10 bits per heavy atom. The number of benzene rings is 2. The lowest BCUT2D eigenvalue weighted by Gasteiger charge is -2.35. The molecule has 1 aliphatic heterocycles. The number of hydrogen-bond acceptors (Lipinski definition) is 5. The van der Waals surface area contributed by atoms with E-state index in [0.717, 1.165) is 4.31 Å². The molecule has 0 saturated carbocycles. The second kappa shape index (κ2) is 8.25. The zero-order chi connectivity index (χ0) is 22.2. The number of amides is 2. The molecule has 0 unspecified atom stereocenters. The lowest BCUT2D eigenvalue weighted by Crippen LogP contribution is -2.50. The Morgan fingerprint density at radius 2 is 1.77 bits per heavy atom. The van der Waals surface area contributed by atoms with E-state index in [-0.39, 0.29) is 27.9 Å². The Balaban J connectivity index is 2.07. The molecule has 0 bridgehead atoms. The SMILES string of the molecule is CN(C)C(=O)[C@H]1CN(C(=O)c2cc(S(=O)(=O)N(C)C)ccc2Cl)c2ccccc2O1. The molecule has 0 spiro atoms. The monoisotopic (exact) mass is 451 g/mol. The van der Waals surface area contributed by atoms with Crippen molar-refractivity contribution in [1.29, 1.82) is 0 Å². The molecule has 8 nitrogen and oxygen atoms in total. The van der Waals surface area contributed by atoms with Gasteiger partial charge < -0.3 is 14.5 Å². The van der Waals surface area contributed by atoms with Crippen molar-refractivity contribution in [3.63, 3.8) is 0 Å². The number of hydrogen-bond donors (Lipinski definition) is 0. The molecule has 10 heteroatoms. The molecule has 0 aromatic heterocycles. The van der Waals surface area contributed by atoms with Crippen LogP contribution in [-0.4, -0.2) is 70.3 Å². The quantitative estimate of drug-likeness (QED) is 0.710. The molecule has 1 heterocycles. The number of sulfonamides is 1. The molecule has 1 atom stereocenters. The normalized spacial score (nSPS) is 16.1. The summed E-state index contributed by atoms with van der Waals surface area (Å²) in [7, 11) is 2.25. The number of ether oxygens (including phenoxy) is 1. The first-order valence-electron chi connectivity index (χ1n) is 9.05. The smallest absolute Gasteiger partial charge is 0.265 e. The number of anilines is 1. The minimum absolute atomic E-state index is 0.0207. The highest BCUT2D eigenvalue weighted by Gasteiger charge is 2.35. The van der Waals surface area contributed by atoms with E-state index in [4.69, 9.17) is 16.3 Å². The van der Waals surface area contributed by atoms with E-state index in [9.17, 15) is 18.0 Å². The summed E-state index contributed by atoms with van der Waals surface area (Å²) < 4.78 is 31.8. The van der Waals surface area contributed by atoms with Gasteiger partial charge in [-0.1, -0.05) is 23.7 Å². The first kappa shape index (κ1) is 22.1. The van der Waals surface area contributed by atoms with Crippen molar-refractivity contribution >= 4 is 39.1 Å². The molecule has 30 heavy (non-hydrogen) atoms. The van der Waals surface area contributed by atoms with Gasteiger partial charge in [0.2, 0.25) is 10.0 Å². The molecule has 2 amide bonds. The number of carbonyl (C=O) groups is 2. The van der Waals surface area contributed by atoms with E-state index in [1.165, 1.54) is 42.1 Å². The first-order chi connectivity index (χ1) is 14.0. The van der Waals surface area contributed by atoms with E-state index in [2.05, 4.69) is 0 Å². The Morgan fingerprint density at radius 3 is 2.40 bits per heavy atom. The van der Waals surface area contributed by atoms with Gasteiger partial charge in [-0.15, -0.1) is 0 Å². The van der Waals surface area contributed by atoms with Crippen molar-refractivity contribution < 1.29 is 22.7 Å². The summed E-state index contributed by atoms with van der Waals surface area (Å²) in [6.07, 6.45) is -0.897. The Labute approximate surface area is 180 Å². The molecule has 3 rings (SSSR count). The highest BCUT2D eigenvalue weighted by atomic mass is 35.5. The number of carbonyl (C=O) groups excluding carboxylic acids is 2. The van der Waals surface area contributed by atoms with Crippen molar-refractivity contribution in [3.8, 4) is 5.75 Å². The molecule has 0 fully saturated rings. The van der Waals surface area contributed by atoms with Crippen molar-refractivity contribution in [2.45, 2.75) is 11.0 Å². The zero-order valence-corrected chi connectivity index (χ0v) is 18.6. The second-order valence-electron chi connectivity index (χ2n) is 7.15. The van der Waals surface area contributed by atoms with Crippen LogP contribution in [0, 0.1) is 0 Å². The van der Waals surface area contributed by atoms with E-state index in [0.29, 0.717) is 11.4 Å². The average molecular weight is 452 g/mol. The van der Waals surface area contributed by atoms with Gasteiger partial charge in [-0.3, -0.25) is 9.59 Å². The van der Waals surface area contributed by atoms with E-state index in [1.54, 1.807) is 38.4 Å². The van der Waals surface area contributed by atoms with Crippen LogP contribution in [0.4, 0.5) is 5.69 Å². The van der Waals surface area contributed by atoms with Crippen molar-refractivity contribution in [3.05, 3.63) is 53.1 Å². The first-order valence-corrected chi connectivity index (χ1v) is 10.9. The van der Waals surface area contributed by atoms with Crippen LogP contribution < -0.4 is 9.64 Å². The summed E-state index contributed by atoms with van der Waals surface area (Å²) in [6, 6.07) is 10.8. The van der Waals surface area contributed by atoms with Crippen molar-refractivity contribution in [2.24, 2.45) is 0 Å². The summed E-state index contributed by atoms with van der Waals surface area (Å²) in [5.74, 6) is -0.439. The average Bonchev–Trinajstić information content (AvgIpc) is 2.71. The van der Waals surface area contributed by atoms with Crippen molar-refractivity contribution in [2.75, 3.05) is 39.6 Å². The Hall–Kier alpha value is -2.62. The largest absolute Gasteiger partial charge is 0.476 e. The van der Waals surface area contributed by atoms with Crippen LogP contribution in [0.15, 0.2) is 47.4 Å². The molecular weight excluding hydrogens is 430 g/mol. The number of nitrogens with zero attached hydrogens (tertiary/aromatic N) is 3. The van der Waals surface area contributed by atoms with Gasteiger partial charge in [0.1, 0.15) is 5.75 Å². The molecule has 0 radical (unpaired) electrons. The fourth-order valence-corrected chi connectivity index (χ4v) is 4.16. The minimum Gasteiger partial charge on any atom is -0.476 e. The lowest BCUT2D eigenvalue weighted by molar-refractivity contribution is -0.135. The van der Waals surface area contributed by atoms with Gasteiger partial charge in [-0.2, -0.15) is 0 Å². The van der Waals surface area contributed by atoms with Gasteiger partial charge in [-0.25, -0.2) is 12.7 Å². The maximum Gasteiger partial charge on any atom is 0.265 e. The fraction of sp³-hybridized carbons (Fsp3) is 0.300. The maximum atomic E-state index is 13.4. The molecule has 1 aliphatic rings. The number of likely N-dealkylation sites (N-methyl/N-ethyl adjacent to an activating group) is 1. The van der Waals surface area contributed by atoms with Gasteiger partial charge in [0.05, 0.1) is 27.7 Å². The van der Waals surface area contributed by atoms with Crippen molar-refractivity contribution in [1.82, 2.24) is 9.21 Å². The van der Waals surface area contributed by atoms with Crippen LogP contribution >= 0.6 is 11.6 Å². The van der Waals surface area contributed by atoms with Crippen LogP contribution in [0.2, 0.25) is 5.02 Å². The van der Waals surface area contributed by atoms with Crippen LogP contribution in [0.3, 0.4) is 0 Å². The third-order valence-electron chi connectivity index (χ3n) is 4.68. The molecule has 0 saturated heterocycles. The maximum absolute atomic E-state index is 13.4. The highest BCUT2D eigenvalue weighted by Crippen LogP contribution is 2.35. The van der Waals surface area contributed by atoms with Gasteiger partial charge in [0.15, 0.2) is 6.10 Å². The van der Waals surface area contributed by atoms with E-state index in [1.807, 2.05) is 0 Å². The summed E-state index contributed by atoms with van der Waals surface area (Å²) in [6.45, 7) is -0.0339. The number of rotatable bonds is 4. The minimum atomic E-state index is -3.76. The predicted molar refractivity (Wildman–Crippen MR) is 114 cm³/mol. The summed E-state index contributed by atoms with van der Waals surface area (Å²) in [5.41, 5.74) is 0.495. The fourth-order valence-electron chi connectivity index (χ4n) is 3.03. The molecule has 2 aromatic carbocycles. The number of para-hydroxylation sites is 2. The molecule has 2 aromatic rings. The predicted octanol–water partition coefficient (Wildman–Crippen LogP) is 2.09. The zero-order valence-electron chi connectivity index (χ0n) is 17.0. The van der Waals surface area contributed by atoms with Gasteiger partial charge >= 0.3 is 0 Å². The third kappa shape index (κ3) is 4.00. The van der Waals surface area contributed by atoms with E-state index < -0.39 is 22.0 Å². The van der Waals surface area contributed by atoms with Crippen LogP contribution in [0.25, 0.3) is 0 Å². The summed E-state index contributed by atoms with van der Waals surface area (Å²) in [4.78, 5) is 28.6. The van der Waals surface area contributed by atoms with Crippen LogP contribution in [0.5, 0.6) is 5.75 Å². The summed E-state index contributed by atoms with van der Waals surface area (Å²) >= 11 is 6.25. The molecule has 0 aliphatic carbocycles. The topological polar surface area (TPSA) is 87.2 Å². The van der Waals surface area contributed by atoms with Gasteiger partial charge in [0, 0.05) is 28.2 Å². The van der Waals surface area contributed by atoms with E-state index >= 15 is 0 Å². The second-order valence-corrected chi connectivity index (χ2v) is 9.71. The molecular formula is C20H22ClN3O5S. The third-order valence-corrected chi connectivity index (χ3v) is 6.82. The molecule has 160 valence electrons. The highest BCUT2D eigenvalue weighted by molar-refractivity contribution is 7.89. The molecule has 0 N–H and O–H groups in total. The Kier molecular flexibility index (Phi) is 6.07. The summed E-state index contributed by atoms with van der Waals surface area (Å²) in [5, 5.41) is 0.108. The number of halogens is 1. The Bertz CT molecular complexity index is 1100. The standard InChI is InChI=1S/C20H22ClN3O5S/c1-22(2)20(26)18-12-24(16-7-5-6-8-17(16)29-18)19(25)14-11-13(9-10-15(14)21)30(27,28)23(3)4/h5-11,18H,12H2,1-4H3/t18-/m1/s1. The van der Waals surface area contributed by atoms with Crippen LogP contribution in [-0.2, 0) is 14.8 Å². The van der Waals surface area contributed by atoms with Gasteiger partial charge in [-0.05, 0) is 30.3 Å².